The topological polar surface area (TPSA) is 108 Å². The summed E-state index contributed by atoms with van der Waals surface area (Å²) in [6, 6.07) is 3.98. The van der Waals surface area contributed by atoms with Crippen molar-refractivity contribution < 1.29 is 37.0 Å². The number of ether oxygens (including phenoxy) is 3. The monoisotopic (exact) mass is 677 g/mol. The first kappa shape index (κ1) is 36.2. The van der Waals surface area contributed by atoms with E-state index in [0.29, 0.717) is 49.3 Å². The Morgan fingerprint density at radius 2 is 1.77 bits per heavy atom. The Morgan fingerprint density at radius 3 is 2.36 bits per heavy atom. The molecule has 0 aliphatic carbocycles. The van der Waals surface area contributed by atoms with Crippen LogP contribution in [0.5, 0.6) is 5.75 Å². The van der Waals surface area contributed by atoms with Gasteiger partial charge in [-0.1, -0.05) is 19.6 Å². The highest BCUT2D eigenvalue weighted by molar-refractivity contribution is 6.76. The smallest absolute Gasteiger partial charge is 0.416 e. The lowest BCUT2D eigenvalue weighted by molar-refractivity contribution is -0.137. The second-order valence-corrected chi connectivity index (χ2v) is 19.6. The van der Waals surface area contributed by atoms with Crippen molar-refractivity contribution >= 4 is 31.1 Å². The molecule has 47 heavy (non-hydrogen) atoms. The van der Waals surface area contributed by atoms with E-state index in [2.05, 4.69) is 34.9 Å². The molecule has 3 aromatic rings. The average Bonchev–Trinajstić information content (AvgIpc) is 3.25. The second kappa shape index (κ2) is 14.2. The number of fused-ring (bicyclic) bond motifs is 1. The third kappa shape index (κ3) is 9.04. The minimum absolute atomic E-state index is 0.0532. The Bertz CT molecular complexity index is 1590. The van der Waals surface area contributed by atoms with Gasteiger partial charge in [-0.2, -0.15) is 13.2 Å². The highest BCUT2D eigenvalue weighted by Gasteiger charge is 2.34. The Labute approximate surface area is 275 Å². The van der Waals surface area contributed by atoms with E-state index in [9.17, 15) is 22.8 Å². The number of benzene rings is 1. The molecule has 10 nitrogen and oxygen atoms in total. The van der Waals surface area contributed by atoms with E-state index in [0.717, 1.165) is 18.2 Å². The first-order valence-electron chi connectivity index (χ1n) is 15.9. The number of aromatic nitrogens is 3. The van der Waals surface area contributed by atoms with Gasteiger partial charge in [-0.15, -0.1) is 0 Å². The molecule has 258 valence electrons. The van der Waals surface area contributed by atoms with Gasteiger partial charge >= 0.3 is 12.3 Å². The lowest BCUT2D eigenvalue weighted by Crippen LogP contribution is -2.47. The van der Waals surface area contributed by atoms with E-state index in [1.54, 1.807) is 23.3 Å². The van der Waals surface area contributed by atoms with E-state index in [-0.39, 0.29) is 54.0 Å². The van der Waals surface area contributed by atoms with Crippen LogP contribution in [-0.2, 0) is 22.4 Å². The molecule has 3 heterocycles. The number of likely N-dealkylation sites (tertiary alicyclic amines) is 1. The maximum atomic E-state index is 13.9. The standard InChI is InChI=1S/C33H46F3N5O5Si/c1-9-45-25-11-10-22(33(34,35)36)18-24(25)27-29-28(38-19-37-27)26(21(2)41(29)20-44-16-17-47(6,7)8)30(42)39-23-12-14-40(15-13-23)31(43)46-32(3,4)5/h10-11,18-19,23H,9,12-17,20H2,1-8H3,(H,39,42). The molecule has 1 N–H and O–H groups in total. The van der Waals surface area contributed by atoms with Crippen LogP contribution in [-0.4, -0.2) is 77.5 Å². The number of alkyl halides is 3. The highest BCUT2D eigenvalue weighted by Crippen LogP contribution is 2.40. The fraction of sp³-hybridized carbons (Fsp3) is 0.576. The van der Waals surface area contributed by atoms with Crippen molar-refractivity contribution in [3.05, 3.63) is 41.3 Å². The summed E-state index contributed by atoms with van der Waals surface area (Å²) in [7, 11) is -1.41. The number of nitrogens with one attached hydrogen (secondary N) is 1. The van der Waals surface area contributed by atoms with Gasteiger partial charge in [0.2, 0.25) is 0 Å². The Morgan fingerprint density at radius 1 is 1.09 bits per heavy atom. The summed E-state index contributed by atoms with van der Waals surface area (Å²) in [6.45, 7) is 17.3. The summed E-state index contributed by atoms with van der Waals surface area (Å²) in [5.41, 5.74) is 0.389. The van der Waals surface area contributed by atoms with Gasteiger partial charge in [0.05, 0.1) is 23.3 Å². The van der Waals surface area contributed by atoms with E-state index in [1.165, 1.54) is 12.4 Å². The number of hydrogen-bond acceptors (Lipinski definition) is 7. The number of amides is 2. The zero-order valence-corrected chi connectivity index (χ0v) is 29.5. The van der Waals surface area contributed by atoms with Crippen molar-refractivity contribution in [1.29, 1.82) is 0 Å². The van der Waals surface area contributed by atoms with Crippen molar-refractivity contribution in [1.82, 2.24) is 24.8 Å². The van der Waals surface area contributed by atoms with E-state index in [4.69, 9.17) is 14.2 Å². The number of halogens is 3. The summed E-state index contributed by atoms with van der Waals surface area (Å²) >= 11 is 0. The van der Waals surface area contributed by atoms with Gasteiger partial charge in [0.25, 0.3) is 5.91 Å². The molecule has 0 saturated carbocycles. The van der Waals surface area contributed by atoms with Gasteiger partial charge in [0.1, 0.15) is 35.6 Å². The largest absolute Gasteiger partial charge is 0.493 e. The molecular weight excluding hydrogens is 631 g/mol. The molecule has 1 aromatic carbocycles. The van der Waals surface area contributed by atoms with Crippen LogP contribution in [0.1, 0.15) is 62.2 Å². The number of carbonyl (C=O) groups excluding carboxylic acids is 2. The van der Waals surface area contributed by atoms with Gasteiger partial charge in [-0.05, 0) is 71.7 Å². The Hall–Kier alpha value is -3.65. The average molecular weight is 678 g/mol. The van der Waals surface area contributed by atoms with Gasteiger partial charge < -0.3 is 29.0 Å². The van der Waals surface area contributed by atoms with Gasteiger partial charge in [0, 0.05) is 45.1 Å². The fourth-order valence-electron chi connectivity index (χ4n) is 5.42. The van der Waals surface area contributed by atoms with Crippen LogP contribution in [0.4, 0.5) is 18.0 Å². The summed E-state index contributed by atoms with van der Waals surface area (Å²) in [4.78, 5) is 37.0. The Kier molecular flexibility index (Phi) is 11.0. The van der Waals surface area contributed by atoms with Crippen LogP contribution in [0.3, 0.4) is 0 Å². The SMILES string of the molecule is CCOc1ccc(C(F)(F)F)cc1-c1ncnc2c(C(=O)NC3CCN(C(=O)OC(C)(C)C)CC3)c(C)n(COCC[Si](C)(C)C)c12. The lowest BCUT2D eigenvalue weighted by atomic mass is 10.0. The second-order valence-electron chi connectivity index (χ2n) is 14.0. The van der Waals surface area contributed by atoms with E-state index in [1.807, 2.05) is 20.8 Å². The molecule has 1 aliphatic rings. The molecule has 2 aromatic heterocycles. The number of carbonyl (C=O) groups is 2. The number of piperidine rings is 1. The van der Waals surface area contributed by atoms with Crippen LogP contribution in [0.25, 0.3) is 22.3 Å². The predicted octanol–water partition coefficient (Wildman–Crippen LogP) is 7.27. The van der Waals surface area contributed by atoms with E-state index < -0.39 is 25.4 Å². The maximum Gasteiger partial charge on any atom is 0.416 e. The summed E-state index contributed by atoms with van der Waals surface area (Å²) < 4.78 is 60.6. The van der Waals surface area contributed by atoms with Gasteiger partial charge in [0.15, 0.2) is 0 Å². The van der Waals surface area contributed by atoms with Crippen molar-refractivity contribution in [2.24, 2.45) is 0 Å². The minimum atomic E-state index is -4.59. The summed E-state index contributed by atoms with van der Waals surface area (Å²) in [5, 5.41) is 3.10. The molecule has 0 bridgehead atoms. The third-order valence-electron chi connectivity index (χ3n) is 7.88. The third-order valence-corrected chi connectivity index (χ3v) is 9.59. The quantitative estimate of drug-likeness (QED) is 0.178. The lowest BCUT2D eigenvalue weighted by Gasteiger charge is -2.33. The molecule has 4 rings (SSSR count). The molecule has 0 radical (unpaired) electrons. The summed E-state index contributed by atoms with van der Waals surface area (Å²) in [5.74, 6) is -0.143. The molecule has 1 saturated heterocycles. The van der Waals surface area contributed by atoms with Crippen LogP contribution in [0.2, 0.25) is 25.7 Å². The van der Waals surface area contributed by atoms with Crippen molar-refractivity contribution in [2.75, 3.05) is 26.3 Å². The molecule has 14 heteroatoms. The molecule has 0 unspecified atom stereocenters. The molecule has 1 fully saturated rings. The van der Waals surface area contributed by atoms with Crippen molar-refractivity contribution in [3.8, 4) is 17.0 Å². The van der Waals surface area contributed by atoms with Crippen LogP contribution < -0.4 is 10.1 Å². The minimum Gasteiger partial charge on any atom is -0.493 e. The zero-order chi connectivity index (χ0) is 34.7. The maximum absolute atomic E-state index is 13.9. The van der Waals surface area contributed by atoms with Crippen LogP contribution in [0, 0.1) is 6.92 Å². The first-order chi connectivity index (χ1) is 21.9. The van der Waals surface area contributed by atoms with Crippen LogP contribution >= 0.6 is 0 Å². The summed E-state index contributed by atoms with van der Waals surface area (Å²) in [6.07, 6.45) is -2.66. The molecular formula is C33H46F3N5O5Si. The number of nitrogens with zero attached hydrogens (tertiary/aromatic N) is 4. The zero-order valence-electron chi connectivity index (χ0n) is 28.5. The van der Waals surface area contributed by atoms with Crippen molar-refractivity contribution in [3.63, 3.8) is 0 Å². The van der Waals surface area contributed by atoms with Gasteiger partial charge in [-0.3, -0.25) is 4.79 Å². The molecule has 0 atom stereocenters. The number of hydrogen-bond donors (Lipinski definition) is 1. The van der Waals surface area contributed by atoms with Crippen LogP contribution in [0.15, 0.2) is 24.5 Å². The Balaban J connectivity index is 1.72. The normalized spacial score (nSPS) is 14.8. The highest BCUT2D eigenvalue weighted by atomic mass is 28.3. The van der Waals surface area contributed by atoms with Gasteiger partial charge in [-0.25, -0.2) is 14.8 Å². The van der Waals surface area contributed by atoms with E-state index >= 15 is 0 Å². The molecule has 1 aliphatic heterocycles. The fourth-order valence-corrected chi connectivity index (χ4v) is 6.18. The first-order valence-corrected chi connectivity index (χ1v) is 19.6. The van der Waals surface area contributed by atoms with Crippen molar-refractivity contribution in [2.45, 2.75) is 97.7 Å². The molecule has 0 spiro atoms. The number of rotatable bonds is 10. The molecule has 2 amide bonds. The predicted molar refractivity (Wildman–Crippen MR) is 176 cm³/mol.